The number of phenolic OH excluding ortho intramolecular Hbond substituents is 1. The summed E-state index contributed by atoms with van der Waals surface area (Å²) in [7, 11) is 0. The van der Waals surface area contributed by atoms with Crippen molar-refractivity contribution < 1.29 is 24.1 Å². The van der Waals surface area contributed by atoms with Crippen LogP contribution in [0.5, 0.6) is 11.5 Å². The number of ketones is 1. The Balaban J connectivity index is 1.58. The van der Waals surface area contributed by atoms with E-state index in [-0.39, 0.29) is 40.8 Å². The highest BCUT2D eigenvalue weighted by atomic mass is 35.5. The summed E-state index contributed by atoms with van der Waals surface area (Å²) in [4.78, 5) is 11.6. The smallest absolute Gasteiger partial charge is 0.163 e. The fourth-order valence-electron chi connectivity index (χ4n) is 4.04. The zero-order valence-electron chi connectivity index (χ0n) is 19.4. The number of benzene rings is 3. The minimum Gasteiger partial charge on any atom is -0.505 e. The van der Waals surface area contributed by atoms with Gasteiger partial charge < -0.3 is 19.3 Å². The van der Waals surface area contributed by atoms with Gasteiger partial charge in [-0.1, -0.05) is 41.9 Å². The molecule has 0 aromatic heterocycles. The third-order valence-corrected chi connectivity index (χ3v) is 6.22. The average Bonchev–Trinajstić information content (AvgIpc) is 2.88. The van der Waals surface area contributed by atoms with Crippen LogP contribution in [0.25, 0.3) is 0 Å². The van der Waals surface area contributed by atoms with Gasteiger partial charge in [0.05, 0.1) is 17.2 Å². The second kappa shape index (κ2) is 11.4. The Labute approximate surface area is 209 Å². The van der Waals surface area contributed by atoms with Crippen molar-refractivity contribution >= 4 is 17.4 Å². The van der Waals surface area contributed by atoms with E-state index < -0.39 is 6.10 Å². The number of carbonyl (C=O) groups excluding carboxylic acids is 1. The molecule has 180 valence electrons. The number of ether oxygens (including phenoxy) is 3. The first-order valence-corrected chi connectivity index (χ1v) is 11.8. The van der Waals surface area contributed by atoms with Crippen LogP contribution >= 0.6 is 11.6 Å². The summed E-state index contributed by atoms with van der Waals surface area (Å²) in [5, 5.41) is 19.6. The van der Waals surface area contributed by atoms with E-state index >= 15 is 0 Å². The van der Waals surface area contributed by atoms with Crippen LogP contribution in [0.1, 0.15) is 64.9 Å². The molecule has 3 aromatic rings. The van der Waals surface area contributed by atoms with Crippen molar-refractivity contribution in [1.82, 2.24) is 0 Å². The van der Waals surface area contributed by atoms with Gasteiger partial charge in [-0.3, -0.25) is 4.79 Å². The number of Topliss-reactive ketones (excluding diaryl/α,β-unsaturated/α-hetero) is 1. The molecule has 1 fully saturated rings. The largest absolute Gasteiger partial charge is 0.505 e. The van der Waals surface area contributed by atoms with Crippen molar-refractivity contribution in [3.05, 3.63) is 93.5 Å². The first kappa shape index (κ1) is 24.7. The molecule has 1 aliphatic heterocycles. The topological polar surface area (TPSA) is 88.8 Å². The first-order valence-electron chi connectivity index (χ1n) is 11.5. The molecule has 1 N–H and O–H groups in total. The Hall–Kier alpha value is -3.37. The number of aromatic hydroxyl groups is 1. The third kappa shape index (κ3) is 6.01. The molecule has 35 heavy (non-hydrogen) atoms. The fraction of sp³-hybridized carbons (Fsp3) is 0.286. The average molecular weight is 492 g/mol. The quantitative estimate of drug-likeness (QED) is 0.370. The lowest BCUT2D eigenvalue weighted by Gasteiger charge is -2.28. The highest BCUT2D eigenvalue weighted by Crippen LogP contribution is 2.37. The number of hydrogen-bond donors (Lipinski definition) is 1. The Morgan fingerprint density at radius 3 is 2.66 bits per heavy atom. The Morgan fingerprint density at radius 2 is 1.94 bits per heavy atom. The molecule has 0 spiro atoms. The van der Waals surface area contributed by atoms with Crippen LogP contribution in [-0.4, -0.2) is 23.8 Å². The summed E-state index contributed by atoms with van der Waals surface area (Å²) >= 11 is 6.22. The lowest BCUT2D eigenvalue weighted by Crippen LogP contribution is -2.25. The maximum Gasteiger partial charge on any atom is 0.163 e. The lowest BCUT2D eigenvalue weighted by atomic mass is 9.98. The molecule has 2 unspecified atom stereocenters. The third-order valence-electron chi connectivity index (χ3n) is 5.85. The molecular weight excluding hydrogens is 466 g/mol. The number of hydrogen-bond acceptors (Lipinski definition) is 6. The van der Waals surface area contributed by atoms with E-state index in [1.807, 2.05) is 42.5 Å². The first-order chi connectivity index (χ1) is 17.0. The molecule has 0 aliphatic carbocycles. The lowest BCUT2D eigenvalue weighted by molar-refractivity contribution is -0.181. The van der Waals surface area contributed by atoms with Crippen molar-refractivity contribution in [3.8, 4) is 17.6 Å². The van der Waals surface area contributed by atoms with Gasteiger partial charge in [0.2, 0.25) is 0 Å². The molecule has 1 heterocycles. The van der Waals surface area contributed by atoms with Crippen molar-refractivity contribution in [2.24, 2.45) is 0 Å². The van der Waals surface area contributed by atoms with Crippen LogP contribution in [0, 0.1) is 11.3 Å². The van der Waals surface area contributed by atoms with Gasteiger partial charge in [-0.15, -0.1) is 0 Å². The number of nitriles is 1. The van der Waals surface area contributed by atoms with Gasteiger partial charge in [0, 0.05) is 6.61 Å². The minimum atomic E-state index is -0.422. The normalized spacial score (nSPS) is 16.3. The van der Waals surface area contributed by atoms with Gasteiger partial charge in [0.1, 0.15) is 29.2 Å². The molecule has 1 aliphatic rings. The van der Waals surface area contributed by atoms with Crippen LogP contribution in [0.2, 0.25) is 5.02 Å². The Kier molecular flexibility index (Phi) is 8.04. The van der Waals surface area contributed by atoms with E-state index in [2.05, 4.69) is 6.07 Å². The van der Waals surface area contributed by atoms with E-state index in [1.54, 1.807) is 12.1 Å². The summed E-state index contributed by atoms with van der Waals surface area (Å²) in [5.74, 6) is -0.287. The number of carbonyl (C=O) groups is 1. The highest BCUT2D eigenvalue weighted by molar-refractivity contribution is 6.34. The summed E-state index contributed by atoms with van der Waals surface area (Å²) < 4.78 is 18.1. The molecular formula is C28H26ClNO5. The van der Waals surface area contributed by atoms with Gasteiger partial charge in [-0.25, -0.2) is 0 Å². The molecule has 0 bridgehead atoms. The summed E-state index contributed by atoms with van der Waals surface area (Å²) in [6.07, 6.45) is 2.14. The number of phenols is 1. The van der Waals surface area contributed by atoms with E-state index in [9.17, 15) is 15.2 Å². The molecule has 6 nitrogen and oxygen atoms in total. The molecule has 7 heteroatoms. The molecule has 0 radical (unpaired) electrons. The van der Waals surface area contributed by atoms with Gasteiger partial charge in [0.15, 0.2) is 12.1 Å². The van der Waals surface area contributed by atoms with Gasteiger partial charge >= 0.3 is 0 Å². The SMILES string of the molecule is CC(=O)c1ccc(OCc2cccc(C(OC3CCCCO3)c3cccc(C#N)c3)c2)c(Cl)c1O. The van der Waals surface area contributed by atoms with E-state index in [0.717, 1.165) is 36.0 Å². The predicted octanol–water partition coefficient (Wildman–Crippen LogP) is 6.33. The van der Waals surface area contributed by atoms with Gasteiger partial charge in [-0.05, 0) is 73.2 Å². The number of nitrogens with zero attached hydrogens (tertiary/aromatic N) is 1. The molecule has 0 saturated carbocycles. The van der Waals surface area contributed by atoms with Crippen molar-refractivity contribution in [2.45, 2.75) is 45.2 Å². The van der Waals surface area contributed by atoms with Crippen molar-refractivity contribution in [1.29, 1.82) is 5.26 Å². The fourth-order valence-corrected chi connectivity index (χ4v) is 4.26. The summed E-state index contributed by atoms with van der Waals surface area (Å²) in [5.41, 5.74) is 3.33. The van der Waals surface area contributed by atoms with Crippen LogP contribution < -0.4 is 4.74 Å². The van der Waals surface area contributed by atoms with Crippen molar-refractivity contribution in [2.75, 3.05) is 6.61 Å². The molecule has 2 atom stereocenters. The number of rotatable bonds is 8. The molecule has 3 aromatic carbocycles. The standard InChI is InChI=1S/C28H26ClNO5/c1-18(31)23-11-12-24(26(29)27(23)32)34-17-20-7-5-9-22(15-20)28(35-25-10-2-3-13-33-25)21-8-4-6-19(14-21)16-30/h4-9,11-12,14-15,25,28,32H,2-3,10,13,17H2,1H3. The zero-order chi connectivity index (χ0) is 24.8. The Morgan fingerprint density at radius 1 is 1.17 bits per heavy atom. The maximum absolute atomic E-state index is 11.6. The van der Waals surface area contributed by atoms with Gasteiger partial charge in [0.25, 0.3) is 0 Å². The summed E-state index contributed by atoms with van der Waals surface area (Å²) in [6, 6.07) is 20.4. The second-order valence-electron chi connectivity index (χ2n) is 8.41. The highest BCUT2D eigenvalue weighted by Gasteiger charge is 2.23. The van der Waals surface area contributed by atoms with Gasteiger partial charge in [-0.2, -0.15) is 5.26 Å². The molecule has 4 rings (SSSR count). The zero-order valence-corrected chi connectivity index (χ0v) is 20.1. The number of halogens is 1. The van der Waals surface area contributed by atoms with Crippen molar-refractivity contribution in [3.63, 3.8) is 0 Å². The molecule has 0 amide bonds. The van der Waals surface area contributed by atoms with E-state index in [0.29, 0.717) is 12.2 Å². The van der Waals surface area contributed by atoms with Crippen LogP contribution in [0.4, 0.5) is 0 Å². The predicted molar refractivity (Wildman–Crippen MR) is 132 cm³/mol. The maximum atomic E-state index is 11.6. The second-order valence-corrected chi connectivity index (χ2v) is 8.79. The Bertz CT molecular complexity index is 1250. The monoisotopic (exact) mass is 491 g/mol. The van der Waals surface area contributed by atoms with Crippen LogP contribution in [0.15, 0.2) is 60.7 Å². The van der Waals surface area contributed by atoms with E-state index in [1.165, 1.54) is 13.0 Å². The summed E-state index contributed by atoms with van der Waals surface area (Å²) in [6.45, 7) is 2.22. The molecule has 1 saturated heterocycles. The van der Waals surface area contributed by atoms with Crippen LogP contribution in [0.3, 0.4) is 0 Å². The van der Waals surface area contributed by atoms with E-state index in [4.69, 9.17) is 25.8 Å². The van der Waals surface area contributed by atoms with Crippen LogP contribution in [-0.2, 0) is 16.1 Å². The minimum absolute atomic E-state index is 0.00201.